The fourth-order valence-corrected chi connectivity index (χ4v) is 2.71. The number of carbonyl (C=O) groups is 1. The van der Waals surface area contributed by atoms with Gasteiger partial charge >= 0.3 is 0 Å². The molecule has 1 heterocycles. The van der Waals surface area contributed by atoms with E-state index in [0.29, 0.717) is 12.1 Å². The van der Waals surface area contributed by atoms with Crippen LogP contribution in [0.25, 0.3) is 11.0 Å². The number of nitrogens with zero attached hydrogens (tertiary/aromatic N) is 1. The second-order valence-corrected chi connectivity index (χ2v) is 5.76. The lowest BCUT2D eigenvalue weighted by Crippen LogP contribution is -2.24. The highest BCUT2D eigenvalue weighted by molar-refractivity contribution is 9.10. The van der Waals surface area contributed by atoms with E-state index in [9.17, 15) is 4.79 Å². The summed E-state index contributed by atoms with van der Waals surface area (Å²) < 4.78 is 0.967. The number of nitrogens with one attached hydrogen (secondary N) is 2. The van der Waals surface area contributed by atoms with Crippen molar-refractivity contribution < 1.29 is 4.79 Å². The maximum atomic E-state index is 12.2. The highest BCUT2D eigenvalue weighted by Crippen LogP contribution is 2.16. The number of aromatic nitrogens is 2. The van der Waals surface area contributed by atoms with Crippen LogP contribution in [-0.2, 0) is 6.54 Å². The highest BCUT2D eigenvalue weighted by atomic mass is 79.9. The average Bonchev–Trinajstić information content (AvgIpc) is 2.87. The van der Waals surface area contributed by atoms with Crippen molar-refractivity contribution in [2.45, 2.75) is 13.5 Å². The number of benzene rings is 2. The fourth-order valence-electron chi connectivity index (χ4n) is 2.23. The molecule has 1 aromatic heterocycles. The van der Waals surface area contributed by atoms with Crippen molar-refractivity contribution in [1.82, 2.24) is 15.3 Å². The molecule has 0 saturated carbocycles. The molecule has 1 amide bonds. The molecule has 0 aliphatic carbocycles. The number of carbonyl (C=O) groups excluding carboxylic acids is 1. The molecular weight excluding hydrogens is 330 g/mol. The molecule has 3 aromatic rings. The monoisotopic (exact) mass is 343 g/mol. The van der Waals surface area contributed by atoms with Crippen molar-refractivity contribution in [3.8, 4) is 0 Å². The zero-order valence-electron chi connectivity index (χ0n) is 11.5. The van der Waals surface area contributed by atoms with Gasteiger partial charge in [0.15, 0.2) is 0 Å². The number of imidazole rings is 1. The number of aromatic amines is 1. The summed E-state index contributed by atoms with van der Waals surface area (Å²) in [7, 11) is 0. The minimum Gasteiger partial charge on any atom is -0.345 e. The van der Waals surface area contributed by atoms with Gasteiger partial charge in [-0.3, -0.25) is 4.79 Å². The molecule has 0 bridgehead atoms. The molecule has 4 nitrogen and oxygen atoms in total. The summed E-state index contributed by atoms with van der Waals surface area (Å²) in [6.45, 7) is 2.30. The number of hydrogen-bond donors (Lipinski definition) is 2. The maximum Gasteiger partial charge on any atom is 0.251 e. The third-order valence-electron chi connectivity index (χ3n) is 3.29. The Balaban J connectivity index is 1.73. The SMILES string of the molecule is Cc1cc(Br)ccc1C(=O)NCc1nc2ccccc2[nH]1. The van der Waals surface area contributed by atoms with Gasteiger partial charge in [0.1, 0.15) is 5.82 Å². The number of aryl methyl sites for hydroxylation is 1. The second kappa shape index (κ2) is 5.69. The average molecular weight is 344 g/mol. The largest absolute Gasteiger partial charge is 0.345 e. The van der Waals surface area contributed by atoms with Crippen LogP contribution in [0, 0.1) is 6.92 Å². The molecule has 0 atom stereocenters. The van der Waals surface area contributed by atoms with E-state index < -0.39 is 0 Å². The van der Waals surface area contributed by atoms with Crippen molar-refractivity contribution >= 4 is 32.9 Å². The van der Waals surface area contributed by atoms with Gasteiger partial charge in [0, 0.05) is 10.0 Å². The molecule has 21 heavy (non-hydrogen) atoms. The molecule has 0 fully saturated rings. The summed E-state index contributed by atoms with van der Waals surface area (Å²) in [6.07, 6.45) is 0. The Kier molecular flexibility index (Phi) is 3.75. The number of hydrogen-bond acceptors (Lipinski definition) is 2. The number of para-hydroxylation sites is 2. The molecule has 0 aliphatic rings. The molecule has 0 radical (unpaired) electrons. The van der Waals surface area contributed by atoms with Crippen LogP contribution in [-0.4, -0.2) is 15.9 Å². The minimum atomic E-state index is -0.0968. The first kappa shape index (κ1) is 13.8. The van der Waals surface area contributed by atoms with Crippen LogP contribution < -0.4 is 5.32 Å². The van der Waals surface area contributed by atoms with E-state index in [-0.39, 0.29) is 5.91 Å². The van der Waals surface area contributed by atoms with Crippen LogP contribution in [0.3, 0.4) is 0 Å². The summed E-state index contributed by atoms with van der Waals surface area (Å²) >= 11 is 3.39. The van der Waals surface area contributed by atoms with Gasteiger partial charge in [-0.25, -0.2) is 4.98 Å². The number of halogens is 1. The Morgan fingerprint density at radius 3 is 2.86 bits per heavy atom. The summed E-state index contributed by atoms with van der Waals surface area (Å²) in [6, 6.07) is 13.4. The van der Waals surface area contributed by atoms with E-state index in [1.54, 1.807) is 0 Å². The third kappa shape index (κ3) is 2.97. The normalized spacial score (nSPS) is 10.8. The van der Waals surface area contributed by atoms with E-state index in [0.717, 1.165) is 26.9 Å². The smallest absolute Gasteiger partial charge is 0.251 e. The first-order valence-electron chi connectivity index (χ1n) is 6.61. The van der Waals surface area contributed by atoms with Gasteiger partial charge in [-0.15, -0.1) is 0 Å². The molecule has 2 N–H and O–H groups in total. The zero-order chi connectivity index (χ0) is 14.8. The first-order valence-corrected chi connectivity index (χ1v) is 7.41. The predicted molar refractivity (Wildman–Crippen MR) is 86.1 cm³/mol. The number of rotatable bonds is 3. The number of amides is 1. The zero-order valence-corrected chi connectivity index (χ0v) is 13.1. The molecule has 0 saturated heterocycles. The molecule has 0 unspecified atom stereocenters. The summed E-state index contributed by atoms with van der Waals surface area (Å²) in [4.78, 5) is 19.8. The van der Waals surface area contributed by atoms with Crippen molar-refractivity contribution in [1.29, 1.82) is 0 Å². The van der Waals surface area contributed by atoms with E-state index in [1.807, 2.05) is 49.4 Å². The minimum absolute atomic E-state index is 0.0968. The van der Waals surface area contributed by atoms with Crippen LogP contribution in [0.2, 0.25) is 0 Å². The summed E-state index contributed by atoms with van der Waals surface area (Å²) in [5, 5.41) is 2.89. The molecular formula is C16H14BrN3O. The third-order valence-corrected chi connectivity index (χ3v) is 3.78. The Bertz CT molecular complexity index is 777. The Labute approximate surface area is 130 Å². The van der Waals surface area contributed by atoms with Gasteiger partial charge in [0.25, 0.3) is 5.91 Å². The molecule has 0 spiro atoms. The van der Waals surface area contributed by atoms with Crippen LogP contribution in [0.15, 0.2) is 46.9 Å². The molecule has 3 rings (SSSR count). The lowest BCUT2D eigenvalue weighted by molar-refractivity contribution is 0.0949. The van der Waals surface area contributed by atoms with Gasteiger partial charge in [-0.1, -0.05) is 28.1 Å². The Morgan fingerprint density at radius 2 is 2.10 bits per heavy atom. The van der Waals surface area contributed by atoms with E-state index in [4.69, 9.17) is 0 Å². The van der Waals surface area contributed by atoms with Gasteiger partial charge < -0.3 is 10.3 Å². The number of fused-ring (bicyclic) bond motifs is 1. The van der Waals surface area contributed by atoms with Crippen molar-refractivity contribution in [2.75, 3.05) is 0 Å². The Hall–Kier alpha value is -2.14. The van der Waals surface area contributed by atoms with Gasteiger partial charge in [-0.05, 0) is 42.8 Å². The summed E-state index contributed by atoms with van der Waals surface area (Å²) in [5.41, 5.74) is 3.49. The van der Waals surface area contributed by atoms with Gasteiger partial charge in [0.05, 0.1) is 17.6 Å². The van der Waals surface area contributed by atoms with Crippen molar-refractivity contribution in [3.63, 3.8) is 0 Å². The maximum absolute atomic E-state index is 12.2. The predicted octanol–water partition coefficient (Wildman–Crippen LogP) is 3.56. The number of H-pyrrole nitrogens is 1. The first-order chi connectivity index (χ1) is 10.1. The van der Waals surface area contributed by atoms with Crippen LogP contribution >= 0.6 is 15.9 Å². The fraction of sp³-hybridized carbons (Fsp3) is 0.125. The van der Waals surface area contributed by atoms with Gasteiger partial charge in [-0.2, -0.15) is 0 Å². The van der Waals surface area contributed by atoms with E-state index >= 15 is 0 Å². The molecule has 5 heteroatoms. The van der Waals surface area contributed by atoms with E-state index in [2.05, 4.69) is 31.2 Å². The second-order valence-electron chi connectivity index (χ2n) is 4.84. The standard InChI is InChI=1S/C16H14BrN3O/c1-10-8-11(17)6-7-12(10)16(21)18-9-15-19-13-4-2-3-5-14(13)20-15/h2-8H,9H2,1H3,(H,18,21)(H,19,20). The Morgan fingerprint density at radius 1 is 1.29 bits per heavy atom. The van der Waals surface area contributed by atoms with Crippen LogP contribution in [0.4, 0.5) is 0 Å². The summed E-state index contributed by atoms with van der Waals surface area (Å²) in [5.74, 6) is 0.653. The van der Waals surface area contributed by atoms with Gasteiger partial charge in [0.2, 0.25) is 0 Å². The van der Waals surface area contributed by atoms with E-state index in [1.165, 1.54) is 0 Å². The highest BCUT2D eigenvalue weighted by Gasteiger charge is 2.10. The molecule has 2 aromatic carbocycles. The lowest BCUT2D eigenvalue weighted by Gasteiger charge is -2.06. The molecule has 0 aliphatic heterocycles. The van der Waals surface area contributed by atoms with Crippen molar-refractivity contribution in [2.24, 2.45) is 0 Å². The molecule has 106 valence electrons. The van der Waals surface area contributed by atoms with Crippen molar-refractivity contribution in [3.05, 3.63) is 63.9 Å². The quantitative estimate of drug-likeness (QED) is 0.763. The topological polar surface area (TPSA) is 57.8 Å². The van der Waals surface area contributed by atoms with Crippen LogP contribution in [0.5, 0.6) is 0 Å². The lowest BCUT2D eigenvalue weighted by atomic mass is 10.1. The van der Waals surface area contributed by atoms with Crippen LogP contribution in [0.1, 0.15) is 21.7 Å².